The number of ether oxygens (including phenoxy) is 2. The predicted octanol–water partition coefficient (Wildman–Crippen LogP) is 2.86. The van der Waals surface area contributed by atoms with Crippen LogP contribution in [0.4, 0.5) is 0 Å². The Kier molecular flexibility index (Phi) is 7.36. The van der Waals surface area contributed by atoms with Crippen molar-refractivity contribution in [1.29, 1.82) is 0 Å². The third-order valence-corrected chi connectivity index (χ3v) is 3.02. The number of hydrogen-bond donors (Lipinski definition) is 0. The fourth-order valence-corrected chi connectivity index (χ4v) is 1.79. The van der Waals surface area contributed by atoms with E-state index in [1.54, 1.807) is 0 Å². The van der Waals surface area contributed by atoms with E-state index in [0.29, 0.717) is 6.42 Å². The van der Waals surface area contributed by atoms with Gasteiger partial charge >= 0.3 is 17.6 Å². The van der Waals surface area contributed by atoms with Gasteiger partial charge in [-0.1, -0.05) is 26.7 Å². The van der Waals surface area contributed by atoms with Crippen molar-refractivity contribution in [3.63, 3.8) is 0 Å². The molecular formula is C16H22O6. The molecule has 0 bridgehead atoms. The highest BCUT2D eigenvalue weighted by atomic mass is 16.5. The van der Waals surface area contributed by atoms with Gasteiger partial charge in [0, 0.05) is 6.07 Å². The average molecular weight is 310 g/mol. The Morgan fingerprint density at radius 1 is 1.05 bits per heavy atom. The van der Waals surface area contributed by atoms with E-state index in [1.807, 2.05) is 13.8 Å². The highest BCUT2D eigenvalue weighted by molar-refractivity contribution is 6.03. The summed E-state index contributed by atoms with van der Waals surface area (Å²) in [6, 6.07) is 0.970. The monoisotopic (exact) mass is 310 g/mol. The molecule has 0 fully saturated rings. The minimum Gasteiger partial charge on any atom is -0.462 e. The molecule has 122 valence electrons. The van der Waals surface area contributed by atoms with Crippen LogP contribution < -0.4 is 5.63 Å². The van der Waals surface area contributed by atoms with Crippen LogP contribution in [0.25, 0.3) is 0 Å². The van der Waals surface area contributed by atoms with Crippen molar-refractivity contribution in [2.45, 2.75) is 46.5 Å². The van der Waals surface area contributed by atoms with E-state index < -0.39 is 17.6 Å². The molecule has 1 aromatic heterocycles. The average Bonchev–Trinajstić information content (AvgIpc) is 2.46. The fourth-order valence-electron chi connectivity index (χ4n) is 1.79. The molecule has 0 amide bonds. The maximum absolute atomic E-state index is 12.1. The van der Waals surface area contributed by atoms with Gasteiger partial charge in [0.2, 0.25) is 0 Å². The van der Waals surface area contributed by atoms with E-state index in [1.165, 1.54) is 6.92 Å². The second kappa shape index (κ2) is 9.02. The van der Waals surface area contributed by atoms with Crippen molar-refractivity contribution in [2.24, 2.45) is 0 Å². The van der Waals surface area contributed by atoms with Crippen molar-refractivity contribution in [2.75, 3.05) is 13.2 Å². The predicted molar refractivity (Wildman–Crippen MR) is 80.1 cm³/mol. The molecule has 0 radical (unpaired) electrons. The SMILES string of the molecule is CCCCOC(=O)c1cc(=O)oc(C)c1C(=O)OCCCC. The molecule has 0 aliphatic rings. The summed E-state index contributed by atoms with van der Waals surface area (Å²) >= 11 is 0. The lowest BCUT2D eigenvalue weighted by atomic mass is 10.1. The van der Waals surface area contributed by atoms with Crippen molar-refractivity contribution in [3.8, 4) is 0 Å². The van der Waals surface area contributed by atoms with Crippen molar-refractivity contribution < 1.29 is 23.5 Å². The third-order valence-electron chi connectivity index (χ3n) is 3.02. The van der Waals surface area contributed by atoms with Crippen LogP contribution in [0.3, 0.4) is 0 Å². The van der Waals surface area contributed by atoms with Crippen LogP contribution in [0.2, 0.25) is 0 Å². The Balaban J connectivity index is 3.01. The Morgan fingerprint density at radius 3 is 2.14 bits per heavy atom. The van der Waals surface area contributed by atoms with Gasteiger partial charge < -0.3 is 13.9 Å². The summed E-state index contributed by atoms with van der Waals surface area (Å²) < 4.78 is 15.1. The van der Waals surface area contributed by atoms with E-state index in [9.17, 15) is 14.4 Å². The van der Waals surface area contributed by atoms with Crippen LogP contribution in [0.1, 0.15) is 66.0 Å². The molecule has 1 aromatic rings. The molecule has 0 spiro atoms. The van der Waals surface area contributed by atoms with Crippen LogP contribution in [0.15, 0.2) is 15.3 Å². The molecule has 6 heteroatoms. The van der Waals surface area contributed by atoms with Crippen LogP contribution in [0, 0.1) is 6.92 Å². The highest BCUT2D eigenvalue weighted by Gasteiger charge is 2.24. The highest BCUT2D eigenvalue weighted by Crippen LogP contribution is 2.15. The van der Waals surface area contributed by atoms with E-state index in [4.69, 9.17) is 13.9 Å². The van der Waals surface area contributed by atoms with Crippen molar-refractivity contribution >= 4 is 11.9 Å². The van der Waals surface area contributed by atoms with Crippen LogP contribution >= 0.6 is 0 Å². The Hall–Kier alpha value is -2.11. The fraction of sp³-hybridized carbons (Fsp3) is 0.562. The topological polar surface area (TPSA) is 82.8 Å². The molecule has 6 nitrogen and oxygen atoms in total. The summed E-state index contributed by atoms with van der Waals surface area (Å²) in [6.45, 7) is 5.86. The van der Waals surface area contributed by atoms with Gasteiger partial charge in [0.1, 0.15) is 11.3 Å². The van der Waals surface area contributed by atoms with Crippen LogP contribution in [-0.2, 0) is 9.47 Å². The molecular weight excluding hydrogens is 288 g/mol. The van der Waals surface area contributed by atoms with Crippen molar-refractivity contribution in [3.05, 3.63) is 33.4 Å². The molecule has 0 atom stereocenters. The summed E-state index contributed by atoms with van der Waals surface area (Å²) in [5.74, 6) is -1.35. The number of carbonyl (C=O) groups is 2. The number of rotatable bonds is 8. The maximum Gasteiger partial charge on any atom is 0.342 e. The molecule has 0 aliphatic heterocycles. The van der Waals surface area contributed by atoms with Gasteiger partial charge in [-0.3, -0.25) is 0 Å². The summed E-state index contributed by atoms with van der Waals surface area (Å²) in [4.78, 5) is 35.6. The first-order valence-electron chi connectivity index (χ1n) is 7.50. The second-order valence-corrected chi connectivity index (χ2v) is 4.89. The van der Waals surface area contributed by atoms with Crippen molar-refractivity contribution in [1.82, 2.24) is 0 Å². The Labute approximate surface area is 129 Å². The largest absolute Gasteiger partial charge is 0.462 e. The Morgan fingerprint density at radius 2 is 1.59 bits per heavy atom. The van der Waals surface area contributed by atoms with Gasteiger partial charge in [-0.15, -0.1) is 0 Å². The molecule has 1 rings (SSSR count). The van der Waals surface area contributed by atoms with Crippen LogP contribution in [-0.4, -0.2) is 25.2 Å². The van der Waals surface area contributed by atoms with Gasteiger partial charge in [0.15, 0.2) is 0 Å². The lowest BCUT2D eigenvalue weighted by Crippen LogP contribution is -2.19. The third kappa shape index (κ3) is 5.02. The van der Waals surface area contributed by atoms with E-state index in [-0.39, 0.29) is 30.1 Å². The van der Waals surface area contributed by atoms with Gasteiger partial charge in [0.05, 0.1) is 18.8 Å². The quantitative estimate of drug-likeness (QED) is 0.542. The number of hydrogen-bond acceptors (Lipinski definition) is 6. The summed E-state index contributed by atoms with van der Waals surface area (Å²) in [5.41, 5.74) is -0.853. The summed E-state index contributed by atoms with van der Waals surface area (Å²) in [5, 5.41) is 0. The summed E-state index contributed by atoms with van der Waals surface area (Å²) in [6.07, 6.45) is 3.18. The molecule has 0 N–H and O–H groups in total. The molecule has 0 aromatic carbocycles. The number of esters is 2. The molecule has 22 heavy (non-hydrogen) atoms. The minimum atomic E-state index is -0.716. The zero-order chi connectivity index (χ0) is 16.5. The smallest absolute Gasteiger partial charge is 0.342 e. The zero-order valence-electron chi connectivity index (χ0n) is 13.3. The molecule has 0 saturated heterocycles. The van der Waals surface area contributed by atoms with E-state index in [0.717, 1.165) is 25.3 Å². The first-order valence-corrected chi connectivity index (χ1v) is 7.50. The minimum absolute atomic E-state index is 0.0443. The standard InChI is InChI=1S/C16H22O6/c1-4-6-8-20-15(18)12-10-13(17)22-11(3)14(12)16(19)21-9-7-5-2/h10H,4-9H2,1-3H3. The first kappa shape index (κ1) is 17.9. The zero-order valence-corrected chi connectivity index (χ0v) is 13.3. The van der Waals surface area contributed by atoms with E-state index in [2.05, 4.69) is 0 Å². The molecule has 0 aliphatic carbocycles. The normalized spacial score (nSPS) is 10.3. The van der Waals surface area contributed by atoms with Gasteiger partial charge in [-0.05, 0) is 19.8 Å². The number of carbonyl (C=O) groups excluding carboxylic acids is 2. The lowest BCUT2D eigenvalue weighted by Gasteiger charge is -2.10. The molecule has 0 saturated carbocycles. The van der Waals surface area contributed by atoms with Gasteiger partial charge in [-0.25, -0.2) is 14.4 Å². The molecule has 1 heterocycles. The second-order valence-electron chi connectivity index (χ2n) is 4.89. The molecule has 0 unspecified atom stereocenters. The van der Waals surface area contributed by atoms with Crippen LogP contribution in [0.5, 0.6) is 0 Å². The van der Waals surface area contributed by atoms with Gasteiger partial charge in [-0.2, -0.15) is 0 Å². The number of aryl methyl sites for hydroxylation is 1. The van der Waals surface area contributed by atoms with Gasteiger partial charge in [0.25, 0.3) is 0 Å². The first-order chi connectivity index (χ1) is 10.5. The summed E-state index contributed by atoms with van der Waals surface area (Å²) in [7, 11) is 0. The van der Waals surface area contributed by atoms with E-state index >= 15 is 0 Å². The maximum atomic E-state index is 12.1. The number of unbranched alkanes of at least 4 members (excludes halogenated alkanes) is 2. The lowest BCUT2D eigenvalue weighted by molar-refractivity contribution is 0.0447. The Bertz CT molecular complexity index is 572.